The molecular formula is C17H19ClF3N5. The number of hydrogen-bond donors (Lipinski definition) is 0. The Bertz CT molecular complexity index is 794. The van der Waals surface area contributed by atoms with Crippen LogP contribution < -0.4 is 9.80 Å². The summed E-state index contributed by atoms with van der Waals surface area (Å²) in [5.41, 5.74) is 1.14. The minimum Gasteiger partial charge on any atom is -0.351 e. The predicted molar refractivity (Wildman–Crippen MR) is 94.8 cm³/mol. The molecule has 1 atom stereocenters. The maximum Gasteiger partial charge on any atom is 0.417 e. The van der Waals surface area contributed by atoms with E-state index < -0.39 is 11.7 Å². The summed E-state index contributed by atoms with van der Waals surface area (Å²) in [7, 11) is 0. The van der Waals surface area contributed by atoms with E-state index in [1.165, 1.54) is 6.07 Å². The average molecular weight is 386 g/mol. The van der Waals surface area contributed by atoms with Crippen molar-refractivity contribution >= 4 is 23.2 Å². The van der Waals surface area contributed by atoms with Crippen molar-refractivity contribution in [1.82, 2.24) is 15.2 Å². The summed E-state index contributed by atoms with van der Waals surface area (Å²) in [5, 5.41) is 8.60. The van der Waals surface area contributed by atoms with Crippen molar-refractivity contribution in [3.8, 4) is 0 Å². The molecule has 3 rings (SSSR count). The molecular weight excluding hydrogens is 367 g/mol. The summed E-state index contributed by atoms with van der Waals surface area (Å²) in [5.74, 6) is 1.33. The number of anilines is 2. The van der Waals surface area contributed by atoms with Gasteiger partial charge >= 0.3 is 6.18 Å². The lowest BCUT2D eigenvalue weighted by Crippen LogP contribution is -2.53. The standard InChI is InChI=1S/C17H19ClF3N5/c1-10-9-25(16-12(3)11(2)15(18)23-24-16)6-7-26(10)14-5-4-13(8-22-14)17(19,20)21/h4-5,8,10H,6-7,9H2,1-3H3. The van der Waals surface area contributed by atoms with Crippen LogP contribution in [0.5, 0.6) is 0 Å². The van der Waals surface area contributed by atoms with E-state index in [2.05, 4.69) is 20.1 Å². The number of alkyl halides is 3. The van der Waals surface area contributed by atoms with Crippen molar-refractivity contribution < 1.29 is 13.2 Å². The van der Waals surface area contributed by atoms with Gasteiger partial charge in [-0.05, 0) is 44.0 Å². The Morgan fingerprint density at radius 1 is 1.12 bits per heavy atom. The van der Waals surface area contributed by atoms with Crippen molar-refractivity contribution in [1.29, 1.82) is 0 Å². The molecule has 0 saturated carbocycles. The number of piperazine rings is 1. The Morgan fingerprint density at radius 3 is 2.42 bits per heavy atom. The van der Waals surface area contributed by atoms with Crippen LogP contribution in [0.3, 0.4) is 0 Å². The van der Waals surface area contributed by atoms with Crippen molar-refractivity contribution in [3.05, 3.63) is 40.2 Å². The Kier molecular flexibility index (Phi) is 4.96. The molecule has 1 saturated heterocycles. The SMILES string of the molecule is Cc1c(Cl)nnc(N2CCN(c3ccc(C(F)(F)F)cn3)C(C)C2)c1C. The Balaban J connectivity index is 1.76. The quantitative estimate of drug-likeness (QED) is 0.785. The van der Waals surface area contributed by atoms with Crippen LogP contribution in [-0.2, 0) is 6.18 Å². The summed E-state index contributed by atoms with van der Waals surface area (Å²) < 4.78 is 38.1. The zero-order chi connectivity index (χ0) is 19.1. The number of rotatable bonds is 2. The second-order valence-electron chi connectivity index (χ2n) is 6.46. The highest BCUT2D eigenvalue weighted by atomic mass is 35.5. The van der Waals surface area contributed by atoms with Crippen LogP contribution in [-0.4, -0.2) is 40.9 Å². The van der Waals surface area contributed by atoms with Gasteiger partial charge in [0.05, 0.1) is 5.56 Å². The first-order valence-electron chi connectivity index (χ1n) is 8.22. The molecule has 26 heavy (non-hydrogen) atoms. The summed E-state index contributed by atoms with van der Waals surface area (Å²) in [6, 6.07) is 2.55. The van der Waals surface area contributed by atoms with Crippen molar-refractivity contribution in [2.75, 3.05) is 29.4 Å². The molecule has 140 valence electrons. The highest BCUT2D eigenvalue weighted by Crippen LogP contribution is 2.31. The van der Waals surface area contributed by atoms with Gasteiger partial charge in [-0.2, -0.15) is 13.2 Å². The molecule has 1 aliphatic rings. The number of nitrogens with zero attached hydrogens (tertiary/aromatic N) is 5. The van der Waals surface area contributed by atoms with E-state index in [4.69, 9.17) is 11.6 Å². The molecule has 0 aliphatic carbocycles. The van der Waals surface area contributed by atoms with E-state index in [9.17, 15) is 13.2 Å². The first-order valence-corrected chi connectivity index (χ1v) is 8.60. The van der Waals surface area contributed by atoms with Crippen LogP contribution in [0.4, 0.5) is 24.8 Å². The summed E-state index contributed by atoms with van der Waals surface area (Å²) in [4.78, 5) is 8.13. The molecule has 0 radical (unpaired) electrons. The Hall–Kier alpha value is -2.09. The zero-order valence-corrected chi connectivity index (χ0v) is 15.4. The molecule has 2 aromatic heterocycles. The smallest absolute Gasteiger partial charge is 0.351 e. The number of hydrogen-bond acceptors (Lipinski definition) is 5. The lowest BCUT2D eigenvalue weighted by molar-refractivity contribution is -0.137. The van der Waals surface area contributed by atoms with Gasteiger partial charge in [0.15, 0.2) is 11.0 Å². The van der Waals surface area contributed by atoms with Gasteiger partial charge in [0.25, 0.3) is 0 Å². The van der Waals surface area contributed by atoms with Gasteiger partial charge in [0, 0.05) is 31.9 Å². The van der Waals surface area contributed by atoms with Gasteiger partial charge in [-0.1, -0.05) is 11.6 Å². The third-order valence-corrected chi connectivity index (χ3v) is 5.10. The van der Waals surface area contributed by atoms with Crippen LogP contribution in [0.2, 0.25) is 5.15 Å². The van der Waals surface area contributed by atoms with Gasteiger partial charge in [0.2, 0.25) is 0 Å². The van der Waals surface area contributed by atoms with Gasteiger partial charge < -0.3 is 9.80 Å². The second kappa shape index (κ2) is 6.90. The zero-order valence-electron chi connectivity index (χ0n) is 14.7. The fourth-order valence-electron chi connectivity index (χ4n) is 3.08. The van der Waals surface area contributed by atoms with Gasteiger partial charge in [0.1, 0.15) is 5.82 Å². The normalized spacial score (nSPS) is 18.3. The van der Waals surface area contributed by atoms with E-state index in [0.717, 1.165) is 29.2 Å². The van der Waals surface area contributed by atoms with Crippen LogP contribution in [0.1, 0.15) is 23.6 Å². The van der Waals surface area contributed by atoms with E-state index >= 15 is 0 Å². The molecule has 2 aromatic rings. The fraction of sp³-hybridized carbons (Fsp3) is 0.471. The van der Waals surface area contributed by atoms with E-state index in [-0.39, 0.29) is 6.04 Å². The highest BCUT2D eigenvalue weighted by Gasteiger charge is 2.32. The molecule has 1 fully saturated rings. The van der Waals surface area contributed by atoms with Crippen LogP contribution >= 0.6 is 11.6 Å². The predicted octanol–water partition coefficient (Wildman–Crippen LogP) is 3.88. The minimum atomic E-state index is -4.38. The molecule has 0 bridgehead atoms. The molecule has 0 spiro atoms. The minimum absolute atomic E-state index is 0.0603. The van der Waals surface area contributed by atoms with Crippen LogP contribution in [0, 0.1) is 13.8 Å². The van der Waals surface area contributed by atoms with Gasteiger partial charge in [-0.15, -0.1) is 10.2 Å². The molecule has 1 aliphatic heterocycles. The summed E-state index contributed by atoms with van der Waals surface area (Å²) in [6.07, 6.45) is -3.49. The third kappa shape index (κ3) is 3.56. The van der Waals surface area contributed by atoms with E-state index in [1.807, 2.05) is 25.7 Å². The van der Waals surface area contributed by atoms with E-state index in [0.29, 0.717) is 30.6 Å². The molecule has 5 nitrogen and oxygen atoms in total. The van der Waals surface area contributed by atoms with E-state index in [1.54, 1.807) is 0 Å². The largest absolute Gasteiger partial charge is 0.417 e. The first-order chi connectivity index (χ1) is 12.2. The second-order valence-corrected chi connectivity index (χ2v) is 6.81. The van der Waals surface area contributed by atoms with Crippen LogP contribution in [0.25, 0.3) is 0 Å². The molecule has 0 amide bonds. The molecule has 9 heteroatoms. The lowest BCUT2D eigenvalue weighted by atomic mass is 10.1. The number of pyridine rings is 1. The number of halogens is 4. The summed E-state index contributed by atoms with van der Waals surface area (Å²) >= 11 is 6.01. The molecule has 3 heterocycles. The molecule has 0 aromatic carbocycles. The van der Waals surface area contributed by atoms with Gasteiger partial charge in [-0.25, -0.2) is 4.98 Å². The Morgan fingerprint density at radius 2 is 1.85 bits per heavy atom. The average Bonchev–Trinajstić information content (AvgIpc) is 2.59. The molecule has 1 unspecified atom stereocenters. The topological polar surface area (TPSA) is 45.2 Å². The Labute approximate surface area is 154 Å². The van der Waals surface area contributed by atoms with Crippen molar-refractivity contribution in [2.24, 2.45) is 0 Å². The fourth-order valence-corrected chi connectivity index (χ4v) is 3.26. The third-order valence-electron chi connectivity index (χ3n) is 4.74. The highest BCUT2D eigenvalue weighted by molar-refractivity contribution is 6.30. The molecule has 0 N–H and O–H groups in total. The maximum atomic E-state index is 12.7. The van der Waals surface area contributed by atoms with Crippen molar-refractivity contribution in [2.45, 2.75) is 33.0 Å². The monoisotopic (exact) mass is 385 g/mol. The van der Waals surface area contributed by atoms with Crippen molar-refractivity contribution in [3.63, 3.8) is 0 Å². The number of aromatic nitrogens is 3. The van der Waals surface area contributed by atoms with Crippen LogP contribution in [0.15, 0.2) is 18.3 Å². The first kappa shape index (κ1) is 18.7. The maximum absolute atomic E-state index is 12.7. The van der Waals surface area contributed by atoms with Gasteiger partial charge in [-0.3, -0.25) is 0 Å². The summed E-state index contributed by atoms with van der Waals surface area (Å²) in [6.45, 7) is 7.84. The lowest BCUT2D eigenvalue weighted by Gasteiger charge is -2.41.